The molecule has 15 heavy (non-hydrogen) atoms. The Bertz CT molecular complexity index is 216. The molecule has 0 radical (unpaired) electrons. The van der Waals surface area contributed by atoms with Crippen LogP contribution in [-0.2, 0) is 0 Å². The smallest absolute Gasteiger partial charge is 0.0171 e. The number of hydrogen-bond acceptors (Lipinski definition) is 2. The van der Waals surface area contributed by atoms with Gasteiger partial charge in [0.2, 0.25) is 0 Å². The molecule has 1 nitrogen and oxygen atoms in total. The molecular weight excluding hydrogens is 202 g/mol. The van der Waals surface area contributed by atoms with Crippen LogP contribution in [0, 0.1) is 17.8 Å². The molecule has 4 fully saturated rings. The van der Waals surface area contributed by atoms with Gasteiger partial charge in [-0.3, -0.25) is 0 Å². The van der Waals surface area contributed by atoms with Crippen molar-refractivity contribution in [2.75, 3.05) is 6.54 Å². The van der Waals surface area contributed by atoms with Crippen molar-refractivity contribution in [1.82, 2.24) is 0 Å². The predicted octanol–water partition coefficient (Wildman–Crippen LogP) is 3.04. The highest BCUT2D eigenvalue weighted by molar-refractivity contribution is 8.01. The predicted molar refractivity (Wildman–Crippen MR) is 67.0 cm³/mol. The summed E-state index contributed by atoms with van der Waals surface area (Å²) >= 11 is 2.23. The molecule has 4 rings (SSSR count). The van der Waals surface area contributed by atoms with Crippen LogP contribution in [0.2, 0.25) is 0 Å². The second-order valence-corrected chi connectivity index (χ2v) is 8.17. The zero-order valence-corrected chi connectivity index (χ0v) is 10.6. The molecule has 0 saturated heterocycles. The summed E-state index contributed by atoms with van der Waals surface area (Å²) in [4.78, 5) is 0. The molecule has 4 aliphatic carbocycles. The Labute approximate surface area is 97.6 Å². The van der Waals surface area contributed by atoms with Gasteiger partial charge in [0.25, 0.3) is 0 Å². The molecule has 1 unspecified atom stereocenters. The van der Waals surface area contributed by atoms with Crippen molar-refractivity contribution in [3.8, 4) is 0 Å². The summed E-state index contributed by atoms with van der Waals surface area (Å²) in [7, 11) is 0. The van der Waals surface area contributed by atoms with Crippen LogP contribution in [0.5, 0.6) is 0 Å². The van der Waals surface area contributed by atoms with E-state index in [1.54, 1.807) is 19.3 Å². The van der Waals surface area contributed by atoms with Crippen molar-refractivity contribution in [2.24, 2.45) is 23.5 Å². The third kappa shape index (κ3) is 1.84. The molecule has 2 heteroatoms. The molecule has 2 N–H and O–H groups in total. The Hall–Kier alpha value is 0.310. The minimum absolute atomic E-state index is 0.660. The molecule has 4 aliphatic rings. The van der Waals surface area contributed by atoms with Crippen LogP contribution in [0.15, 0.2) is 0 Å². The van der Waals surface area contributed by atoms with Gasteiger partial charge in [-0.2, -0.15) is 11.8 Å². The van der Waals surface area contributed by atoms with Gasteiger partial charge in [-0.1, -0.05) is 6.92 Å². The van der Waals surface area contributed by atoms with E-state index in [2.05, 4.69) is 18.7 Å². The van der Waals surface area contributed by atoms with E-state index in [-0.39, 0.29) is 0 Å². The maximum absolute atomic E-state index is 5.78. The van der Waals surface area contributed by atoms with Gasteiger partial charge in [0, 0.05) is 16.5 Å². The Morgan fingerprint density at radius 2 is 1.60 bits per heavy atom. The highest BCUT2D eigenvalue weighted by atomic mass is 32.2. The quantitative estimate of drug-likeness (QED) is 0.799. The van der Waals surface area contributed by atoms with Crippen molar-refractivity contribution >= 4 is 11.8 Å². The summed E-state index contributed by atoms with van der Waals surface area (Å²) in [6.07, 6.45) is 9.18. The standard InChI is InChI=1S/C13H23NS/c1-9(8-14)15-13-5-10-2-11(6-13)4-12(3-10)7-13/h9-12H,2-8,14H2,1H3. The van der Waals surface area contributed by atoms with Gasteiger partial charge in [0.05, 0.1) is 0 Å². The normalized spacial score (nSPS) is 49.6. The van der Waals surface area contributed by atoms with Crippen LogP contribution in [0.4, 0.5) is 0 Å². The minimum atomic E-state index is 0.660. The lowest BCUT2D eigenvalue weighted by atomic mass is 9.56. The summed E-state index contributed by atoms with van der Waals surface area (Å²) in [5, 5.41) is 0.668. The first-order chi connectivity index (χ1) is 7.19. The van der Waals surface area contributed by atoms with Crippen LogP contribution in [0.25, 0.3) is 0 Å². The van der Waals surface area contributed by atoms with Crippen LogP contribution >= 0.6 is 11.8 Å². The second-order valence-electron chi connectivity index (χ2n) is 6.26. The van der Waals surface area contributed by atoms with Gasteiger partial charge in [-0.25, -0.2) is 0 Å². The Kier molecular flexibility index (Phi) is 2.55. The summed E-state index contributed by atoms with van der Waals surface area (Å²) in [6.45, 7) is 3.16. The second kappa shape index (κ2) is 3.66. The van der Waals surface area contributed by atoms with Gasteiger partial charge in [-0.15, -0.1) is 0 Å². The average molecular weight is 225 g/mol. The van der Waals surface area contributed by atoms with Gasteiger partial charge in [-0.05, 0) is 56.3 Å². The SMILES string of the molecule is CC(CN)SC12CC3CC(CC(C3)C1)C2. The molecule has 0 aromatic rings. The van der Waals surface area contributed by atoms with E-state index in [0.29, 0.717) is 10.00 Å². The molecule has 4 bridgehead atoms. The summed E-state index contributed by atoms with van der Waals surface area (Å²) in [6, 6.07) is 0. The van der Waals surface area contributed by atoms with Gasteiger partial charge < -0.3 is 5.73 Å². The van der Waals surface area contributed by atoms with Crippen LogP contribution in [0.3, 0.4) is 0 Å². The molecule has 0 amide bonds. The molecular formula is C13H23NS. The van der Waals surface area contributed by atoms with Gasteiger partial charge in [0.1, 0.15) is 0 Å². The van der Waals surface area contributed by atoms with Crippen molar-refractivity contribution < 1.29 is 0 Å². The molecule has 1 atom stereocenters. The maximum Gasteiger partial charge on any atom is 0.0171 e. The van der Waals surface area contributed by atoms with Crippen LogP contribution < -0.4 is 5.73 Å². The summed E-state index contributed by atoms with van der Waals surface area (Å²) in [5.74, 6) is 3.23. The van der Waals surface area contributed by atoms with E-state index in [0.717, 1.165) is 24.3 Å². The van der Waals surface area contributed by atoms with Crippen LogP contribution in [0.1, 0.15) is 45.4 Å². The fourth-order valence-corrected chi connectivity index (χ4v) is 6.60. The monoisotopic (exact) mass is 225 g/mol. The molecule has 0 heterocycles. The Balaban J connectivity index is 1.75. The maximum atomic E-state index is 5.78. The van der Waals surface area contributed by atoms with Crippen molar-refractivity contribution in [3.05, 3.63) is 0 Å². The molecule has 0 aromatic carbocycles. The number of hydrogen-bond donors (Lipinski definition) is 1. The topological polar surface area (TPSA) is 26.0 Å². The number of thioether (sulfide) groups is 1. The lowest BCUT2D eigenvalue weighted by Crippen LogP contribution is -2.49. The zero-order chi connectivity index (χ0) is 10.5. The van der Waals surface area contributed by atoms with Crippen LogP contribution in [-0.4, -0.2) is 16.5 Å². The van der Waals surface area contributed by atoms with E-state index in [4.69, 9.17) is 5.73 Å². The first-order valence-corrected chi connectivity index (χ1v) is 7.45. The van der Waals surface area contributed by atoms with Gasteiger partial charge >= 0.3 is 0 Å². The van der Waals surface area contributed by atoms with Crippen molar-refractivity contribution in [2.45, 2.75) is 55.4 Å². The zero-order valence-electron chi connectivity index (χ0n) is 9.74. The lowest BCUT2D eigenvalue weighted by Gasteiger charge is -2.57. The molecule has 0 aromatic heterocycles. The highest BCUT2D eigenvalue weighted by Gasteiger charge is 2.51. The fourth-order valence-electron chi connectivity index (χ4n) is 4.65. The van der Waals surface area contributed by atoms with E-state index >= 15 is 0 Å². The van der Waals surface area contributed by atoms with E-state index in [1.165, 1.54) is 19.3 Å². The van der Waals surface area contributed by atoms with Crippen molar-refractivity contribution in [3.63, 3.8) is 0 Å². The van der Waals surface area contributed by atoms with Crippen molar-refractivity contribution in [1.29, 1.82) is 0 Å². The largest absolute Gasteiger partial charge is 0.329 e. The summed E-state index contributed by atoms with van der Waals surface area (Å²) < 4.78 is 0.660. The fraction of sp³-hybridized carbons (Fsp3) is 1.00. The third-order valence-corrected chi connectivity index (χ3v) is 6.36. The molecule has 86 valence electrons. The first-order valence-electron chi connectivity index (χ1n) is 6.57. The van der Waals surface area contributed by atoms with E-state index < -0.39 is 0 Å². The third-order valence-electron chi connectivity index (χ3n) is 4.77. The molecule has 0 spiro atoms. The minimum Gasteiger partial charge on any atom is -0.329 e. The molecule has 0 aliphatic heterocycles. The number of rotatable bonds is 3. The Morgan fingerprint density at radius 1 is 1.13 bits per heavy atom. The average Bonchev–Trinajstić information content (AvgIpc) is 2.14. The van der Waals surface area contributed by atoms with Gasteiger partial charge in [0.15, 0.2) is 0 Å². The summed E-state index contributed by atoms with van der Waals surface area (Å²) in [5.41, 5.74) is 5.78. The highest BCUT2D eigenvalue weighted by Crippen LogP contribution is 2.61. The first kappa shape index (κ1) is 10.5. The number of nitrogens with two attached hydrogens (primary N) is 1. The van der Waals surface area contributed by atoms with E-state index in [9.17, 15) is 0 Å². The van der Waals surface area contributed by atoms with E-state index in [1.807, 2.05) is 0 Å². The molecule has 4 saturated carbocycles. The Morgan fingerprint density at radius 3 is 2.00 bits per heavy atom. The lowest BCUT2D eigenvalue weighted by molar-refractivity contribution is 0.0381.